The van der Waals surface area contributed by atoms with Gasteiger partial charge in [-0.15, -0.1) is 0 Å². The SMILES string of the molecule is CCc1nn(C)c(N2CCN(C3CNC3)CC2)c1[N+](=O)[O-]. The molecule has 8 heteroatoms. The molecule has 3 rings (SSSR count). The third-order valence-electron chi connectivity index (χ3n) is 4.47. The zero-order chi connectivity index (χ0) is 15.0. The lowest BCUT2D eigenvalue weighted by atomic mass is 10.1. The van der Waals surface area contributed by atoms with Crippen LogP contribution in [-0.2, 0) is 13.5 Å². The Balaban J connectivity index is 1.78. The molecule has 1 aromatic heterocycles. The Kier molecular flexibility index (Phi) is 3.81. The third-order valence-corrected chi connectivity index (χ3v) is 4.47. The summed E-state index contributed by atoms with van der Waals surface area (Å²) < 4.78 is 1.66. The molecule has 21 heavy (non-hydrogen) atoms. The van der Waals surface area contributed by atoms with Gasteiger partial charge in [0, 0.05) is 52.4 Å². The van der Waals surface area contributed by atoms with Gasteiger partial charge in [0.05, 0.1) is 4.92 Å². The molecule has 2 aliphatic rings. The molecule has 0 spiro atoms. The van der Waals surface area contributed by atoms with E-state index in [1.165, 1.54) is 0 Å². The number of piperazine rings is 1. The van der Waals surface area contributed by atoms with E-state index in [4.69, 9.17) is 0 Å². The van der Waals surface area contributed by atoms with Gasteiger partial charge in [0.2, 0.25) is 5.82 Å². The first-order valence-electron chi connectivity index (χ1n) is 7.51. The second-order valence-electron chi connectivity index (χ2n) is 5.69. The summed E-state index contributed by atoms with van der Waals surface area (Å²) in [7, 11) is 1.80. The Morgan fingerprint density at radius 3 is 2.48 bits per heavy atom. The minimum absolute atomic E-state index is 0.179. The number of hydrogen-bond acceptors (Lipinski definition) is 6. The molecule has 2 aliphatic heterocycles. The maximum Gasteiger partial charge on any atom is 0.334 e. The number of aromatic nitrogens is 2. The van der Waals surface area contributed by atoms with Crippen molar-refractivity contribution in [1.82, 2.24) is 20.0 Å². The molecule has 0 unspecified atom stereocenters. The van der Waals surface area contributed by atoms with Gasteiger partial charge in [-0.1, -0.05) is 6.92 Å². The van der Waals surface area contributed by atoms with Crippen LogP contribution >= 0.6 is 0 Å². The number of nitrogens with one attached hydrogen (secondary N) is 1. The summed E-state index contributed by atoms with van der Waals surface area (Å²) in [5, 5.41) is 19.0. The third kappa shape index (κ3) is 2.49. The molecule has 1 N–H and O–H groups in total. The van der Waals surface area contributed by atoms with Gasteiger partial charge < -0.3 is 10.2 Å². The van der Waals surface area contributed by atoms with Crippen LogP contribution in [0, 0.1) is 10.1 Å². The summed E-state index contributed by atoms with van der Waals surface area (Å²) in [6.45, 7) is 7.57. The summed E-state index contributed by atoms with van der Waals surface area (Å²) in [5.41, 5.74) is 0.752. The van der Waals surface area contributed by atoms with Crippen LogP contribution in [0.15, 0.2) is 0 Å². The fourth-order valence-corrected chi connectivity index (χ4v) is 3.17. The Labute approximate surface area is 123 Å². The average molecular weight is 294 g/mol. The van der Waals surface area contributed by atoms with Gasteiger partial charge in [-0.05, 0) is 6.42 Å². The summed E-state index contributed by atoms with van der Waals surface area (Å²) in [6, 6.07) is 0.639. The topological polar surface area (TPSA) is 79.5 Å². The summed E-state index contributed by atoms with van der Waals surface area (Å²) in [4.78, 5) is 15.7. The normalized spacial score (nSPS) is 20.6. The van der Waals surface area contributed by atoms with Crippen molar-refractivity contribution in [2.75, 3.05) is 44.2 Å². The van der Waals surface area contributed by atoms with E-state index < -0.39 is 0 Å². The van der Waals surface area contributed by atoms with E-state index in [0.29, 0.717) is 24.0 Å². The Bertz CT molecular complexity index is 531. The van der Waals surface area contributed by atoms with E-state index in [1.54, 1.807) is 11.7 Å². The smallest absolute Gasteiger partial charge is 0.334 e. The molecule has 1 aromatic rings. The highest BCUT2D eigenvalue weighted by molar-refractivity contribution is 5.61. The van der Waals surface area contributed by atoms with Crippen molar-refractivity contribution in [1.29, 1.82) is 0 Å². The first-order valence-corrected chi connectivity index (χ1v) is 7.51. The number of hydrogen-bond donors (Lipinski definition) is 1. The van der Waals surface area contributed by atoms with Crippen molar-refractivity contribution in [3.63, 3.8) is 0 Å². The summed E-state index contributed by atoms with van der Waals surface area (Å²) >= 11 is 0. The highest BCUT2D eigenvalue weighted by atomic mass is 16.6. The molecule has 116 valence electrons. The van der Waals surface area contributed by atoms with Crippen molar-refractivity contribution in [3.8, 4) is 0 Å². The fraction of sp³-hybridized carbons (Fsp3) is 0.769. The monoisotopic (exact) mass is 294 g/mol. The zero-order valence-corrected chi connectivity index (χ0v) is 12.6. The van der Waals surface area contributed by atoms with Crippen molar-refractivity contribution in [3.05, 3.63) is 15.8 Å². The van der Waals surface area contributed by atoms with Crippen molar-refractivity contribution in [2.45, 2.75) is 19.4 Å². The minimum Gasteiger partial charge on any atom is -0.349 e. The van der Waals surface area contributed by atoms with Gasteiger partial charge in [-0.2, -0.15) is 5.10 Å². The Hall–Kier alpha value is -1.67. The molecular formula is C13H22N6O2. The quantitative estimate of drug-likeness (QED) is 0.621. The van der Waals surface area contributed by atoms with E-state index in [1.807, 2.05) is 6.92 Å². The van der Waals surface area contributed by atoms with Crippen LogP contribution in [0.25, 0.3) is 0 Å². The summed E-state index contributed by atoms with van der Waals surface area (Å²) in [5.74, 6) is 0.656. The van der Waals surface area contributed by atoms with Crippen molar-refractivity contribution < 1.29 is 4.92 Å². The molecule has 0 saturated carbocycles. The van der Waals surface area contributed by atoms with Gasteiger partial charge >= 0.3 is 5.69 Å². The maximum atomic E-state index is 11.4. The van der Waals surface area contributed by atoms with E-state index in [2.05, 4.69) is 20.2 Å². The molecule has 2 fully saturated rings. The van der Waals surface area contributed by atoms with Crippen molar-refractivity contribution in [2.24, 2.45) is 7.05 Å². The zero-order valence-electron chi connectivity index (χ0n) is 12.6. The van der Waals surface area contributed by atoms with E-state index in [-0.39, 0.29) is 10.6 Å². The van der Waals surface area contributed by atoms with E-state index >= 15 is 0 Å². The highest BCUT2D eigenvalue weighted by Crippen LogP contribution is 2.32. The predicted octanol–water partition coefficient (Wildman–Crippen LogP) is -0.0155. The summed E-state index contributed by atoms with van der Waals surface area (Å²) in [6.07, 6.45) is 0.581. The van der Waals surface area contributed by atoms with Crippen LogP contribution in [0.5, 0.6) is 0 Å². The molecule has 0 radical (unpaired) electrons. The Morgan fingerprint density at radius 1 is 1.33 bits per heavy atom. The Morgan fingerprint density at radius 2 is 2.00 bits per heavy atom. The predicted molar refractivity (Wildman–Crippen MR) is 79.7 cm³/mol. The van der Waals surface area contributed by atoms with Crippen molar-refractivity contribution >= 4 is 11.5 Å². The first kappa shape index (κ1) is 14.3. The van der Waals surface area contributed by atoms with Gasteiger partial charge in [0.1, 0.15) is 5.69 Å². The highest BCUT2D eigenvalue weighted by Gasteiger charge is 2.33. The minimum atomic E-state index is -0.288. The first-order chi connectivity index (χ1) is 10.1. The van der Waals surface area contributed by atoms with Gasteiger partial charge in [-0.25, -0.2) is 4.68 Å². The molecule has 0 aromatic carbocycles. The molecular weight excluding hydrogens is 272 g/mol. The molecule has 8 nitrogen and oxygen atoms in total. The lowest BCUT2D eigenvalue weighted by Crippen LogP contribution is -2.61. The molecule has 0 aliphatic carbocycles. The van der Waals surface area contributed by atoms with E-state index in [0.717, 1.165) is 39.3 Å². The number of rotatable bonds is 4. The molecule has 2 saturated heterocycles. The van der Waals surface area contributed by atoms with Crippen LogP contribution in [-0.4, -0.2) is 64.9 Å². The number of nitro groups is 1. The van der Waals surface area contributed by atoms with Gasteiger partial charge in [-0.3, -0.25) is 15.0 Å². The lowest BCUT2D eigenvalue weighted by Gasteiger charge is -2.43. The molecule has 0 amide bonds. The number of aryl methyl sites for hydroxylation is 2. The van der Waals surface area contributed by atoms with Crippen LogP contribution in [0.1, 0.15) is 12.6 Å². The average Bonchev–Trinajstić information content (AvgIpc) is 2.75. The second-order valence-corrected chi connectivity index (χ2v) is 5.69. The standard InChI is InChI=1S/C13H22N6O2/c1-3-11-12(19(20)21)13(16(2)15-11)18-6-4-17(5-7-18)10-8-14-9-10/h10,14H,3-9H2,1-2H3. The van der Waals surface area contributed by atoms with Crippen LogP contribution < -0.4 is 10.2 Å². The molecule has 0 atom stereocenters. The van der Waals surface area contributed by atoms with Crippen LogP contribution in [0.2, 0.25) is 0 Å². The van der Waals surface area contributed by atoms with Crippen LogP contribution in [0.3, 0.4) is 0 Å². The van der Waals surface area contributed by atoms with Gasteiger partial charge in [0.25, 0.3) is 0 Å². The van der Waals surface area contributed by atoms with Gasteiger partial charge in [0.15, 0.2) is 0 Å². The van der Waals surface area contributed by atoms with Crippen LogP contribution in [0.4, 0.5) is 11.5 Å². The van der Waals surface area contributed by atoms with E-state index in [9.17, 15) is 10.1 Å². The largest absolute Gasteiger partial charge is 0.349 e. The molecule has 0 bridgehead atoms. The lowest BCUT2D eigenvalue weighted by molar-refractivity contribution is -0.384. The second kappa shape index (κ2) is 5.61. The number of anilines is 1. The fourth-order valence-electron chi connectivity index (χ4n) is 3.17. The number of nitrogens with zero attached hydrogens (tertiary/aromatic N) is 5. The molecule has 3 heterocycles. The maximum absolute atomic E-state index is 11.4.